The predicted octanol–water partition coefficient (Wildman–Crippen LogP) is 7.04. The standard InChI is InChI=1S/C24H19FO2S2/c1-14(2)23(26)28-20-9-7-16(8-10-20)17-5-6-18-13-22(29-24(27)15(3)4)21(25)12-19(18)11-17/h5-13H,1,3H2,2,4H3. The first-order valence-corrected chi connectivity index (χ1v) is 10.5. The van der Waals surface area contributed by atoms with Crippen molar-refractivity contribution in [3.8, 4) is 11.1 Å². The van der Waals surface area contributed by atoms with Gasteiger partial charge in [-0.15, -0.1) is 0 Å². The minimum absolute atomic E-state index is 0.0577. The molecule has 29 heavy (non-hydrogen) atoms. The summed E-state index contributed by atoms with van der Waals surface area (Å²) in [5, 5.41) is 1.30. The summed E-state index contributed by atoms with van der Waals surface area (Å²) in [5.41, 5.74) is 2.81. The van der Waals surface area contributed by atoms with Crippen molar-refractivity contribution in [2.24, 2.45) is 0 Å². The number of thioether (sulfide) groups is 2. The van der Waals surface area contributed by atoms with Crippen molar-refractivity contribution in [3.05, 3.63) is 84.7 Å². The average molecular weight is 423 g/mol. The van der Waals surface area contributed by atoms with Gasteiger partial charge in [0.2, 0.25) is 10.2 Å². The molecule has 0 amide bonds. The van der Waals surface area contributed by atoms with Crippen LogP contribution >= 0.6 is 23.5 Å². The van der Waals surface area contributed by atoms with Gasteiger partial charge in [-0.3, -0.25) is 9.59 Å². The molecule has 0 radical (unpaired) electrons. The van der Waals surface area contributed by atoms with Crippen LogP contribution < -0.4 is 0 Å². The van der Waals surface area contributed by atoms with Crippen molar-refractivity contribution in [3.63, 3.8) is 0 Å². The molecular formula is C24H19FO2S2. The molecule has 0 aliphatic heterocycles. The lowest BCUT2D eigenvalue weighted by atomic mass is 10.0. The Hall–Kier alpha value is -2.63. The normalized spacial score (nSPS) is 10.7. The van der Waals surface area contributed by atoms with Crippen molar-refractivity contribution < 1.29 is 14.0 Å². The molecular weight excluding hydrogens is 403 g/mol. The van der Waals surface area contributed by atoms with Gasteiger partial charge in [-0.1, -0.05) is 37.4 Å². The molecule has 3 rings (SSSR count). The Labute approximate surface area is 177 Å². The van der Waals surface area contributed by atoms with E-state index in [0.29, 0.717) is 16.0 Å². The largest absolute Gasteiger partial charge is 0.282 e. The molecule has 0 unspecified atom stereocenters. The zero-order valence-corrected chi connectivity index (χ0v) is 17.8. The van der Waals surface area contributed by atoms with E-state index in [0.717, 1.165) is 50.3 Å². The topological polar surface area (TPSA) is 34.1 Å². The van der Waals surface area contributed by atoms with Crippen molar-refractivity contribution in [2.75, 3.05) is 0 Å². The van der Waals surface area contributed by atoms with Crippen molar-refractivity contribution in [2.45, 2.75) is 23.6 Å². The van der Waals surface area contributed by atoms with Gasteiger partial charge in [-0.25, -0.2) is 4.39 Å². The van der Waals surface area contributed by atoms with Gasteiger partial charge in [0, 0.05) is 4.90 Å². The summed E-state index contributed by atoms with van der Waals surface area (Å²) in [6.07, 6.45) is 0. The summed E-state index contributed by atoms with van der Waals surface area (Å²) in [4.78, 5) is 24.8. The van der Waals surface area contributed by atoms with Crippen LogP contribution in [0.5, 0.6) is 0 Å². The lowest BCUT2D eigenvalue weighted by Gasteiger charge is -2.08. The monoisotopic (exact) mass is 422 g/mol. The lowest BCUT2D eigenvalue weighted by Crippen LogP contribution is -1.93. The third-order valence-electron chi connectivity index (χ3n) is 4.19. The molecule has 3 aromatic rings. The summed E-state index contributed by atoms with van der Waals surface area (Å²) in [5.74, 6) is -0.431. The molecule has 0 aromatic heterocycles. The van der Waals surface area contributed by atoms with E-state index in [1.807, 2.05) is 42.5 Å². The van der Waals surface area contributed by atoms with Gasteiger partial charge in [0.15, 0.2) is 0 Å². The molecule has 5 heteroatoms. The van der Waals surface area contributed by atoms with Crippen LogP contribution in [0.25, 0.3) is 21.9 Å². The molecule has 0 saturated heterocycles. The second kappa shape index (κ2) is 8.80. The first kappa shape index (κ1) is 21.1. The molecule has 0 fully saturated rings. The molecule has 146 valence electrons. The number of carbonyl (C=O) groups excluding carboxylic acids is 2. The SMILES string of the molecule is C=C(C)C(=O)Sc1ccc(-c2ccc3cc(SC(=O)C(=C)C)c(F)cc3c2)cc1. The first-order valence-electron chi connectivity index (χ1n) is 8.83. The maximum atomic E-state index is 14.5. The highest BCUT2D eigenvalue weighted by molar-refractivity contribution is 8.14. The quantitative estimate of drug-likeness (QED) is 0.326. The van der Waals surface area contributed by atoms with Crippen molar-refractivity contribution in [1.29, 1.82) is 0 Å². The van der Waals surface area contributed by atoms with E-state index in [4.69, 9.17) is 0 Å². The van der Waals surface area contributed by atoms with Crippen LogP contribution in [-0.4, -0.2) is 10.2 Å². The Morgan fingerprint density at radius 2 is 1.34 bits per heavy atom. The van der Waals surface area contributed by atoms with Gasteiger partial charge in [0.1, 0.15) is 5.82 Å². The van der Waals surface area contributed by atoms with E-state index in [2.05, 4.69) is 13.2 Å². The van der Waals surface area contributed by atoms with Gasteiger partial charge in [0.25, 0.3) is 0 Å². The fourth-order valence-corrected chi connectivity index (χ4v) is 3.98. The van der Waals surface area contributed by atoms with E-state index in [-0.39, 0.29) is 10.2 Å². The number of hydrogen-bond donors (Lipinski definition) is 0. The minimum Gasteiger partial charge on any atom is -0.282 e. The third-order valence-corrected chi connectivity index (χ3v) is 6.30. The number of rotatable bonds is 5. The smallest absolute Gasteiger partial charge is 0.219 e. The molecule has 0 heterocycles. The molecule has 0 spiro atoms. The Kier molecular flexibility index (Phi) is 6.40. The molecule has 2 nitrogen and oxygen atoms in total. The predicted molar refractivity (Wildman–Crippen MR) is 121 cm³/mol. The highest BCUT2D eigenvalue weighted by Gasteiger charge is 2.12. The van der Waals surface area contributed by atoms with Crippen LogP contribution in [0.3, 0.4) is 0 Å². The number of fused-ring (bicyclic) bond motifs is 1. The molecule has 3 aromatic carbocycles. The number of halogens is 1. The Bertz CT molecular complexity index is 1150. The lowest BCUT2D eigenvalue weighted by molar-refractivity contribution is -0.108. The highest BCUT2D eigenvalue weighted by Crippen LogP contribution is 2.32. The Morgan fingerprint density at radius 3 is 1.97 bits per heavy atom. The number of carbonyl (C=O) groups is 2. The highest BCUT2D eigenvalue weighted by atomic mass is 32.2. The third kappa shape index (κ3) is 5.05. The second-order valence-electron chi connectivity index (χ2n) is 6.71. The van der Waals surface area contributed by atoms with E-state index >= 15 is 0 Å². The molecule has 0 aliphatic rings. The summed E-state index contributed by atoms with van der Waals surface area (Å²) >= 11 is 2.00. The van der Waals surface area contributed by atoms with Crippen LogP contribution in [-0.2, 0) is 9.59 Å². The van der Waals surface area contributed by atoms with Gasteiger partial charge in [-0.2, -0.15) is 0 Å². The summed E-state index contributed by atoms with van der Waals surface area (Å²) in [6.45, 7) is 10.6. The molecule has 0 saturated carbocycles. The molecule has 0 N–H and O–H groups in total. The van der Waals surface area contributed by atoms with Gasteiger partial charge in [0.05, 0.1) is 4.90 Å². The average Bonchev–Trinajstić information content (AvgIpc) is 2.68. The number of hydrogen-bond acceptors (Lipinski definition) is 4. The van der Waals surface area contributed by atoms with Crippen LogP contribution in [0.15, 0.2) is 88.7 Å². The van der Waals surface area contributed by atoms with Crippen molar-refractivity contribution >= 4 is 44.5 Å². The first-order chi connectivity index (χ1) is 13.7. The summed E-state index contributed by atoms with van der Waals surface area (Å²) in [7, 11) is 0. The van der Waals surface area contributed by atoms with Crippen LogP contribution in [0.2, 0.25) is 0 Å². The fourth-order valence-electron chi connectivity index (χ4n) is 2.60. The minimum atomic E-state index is -0.431. The van der Waals surface area contributed by atoms with E-state index in [1.165, 1.54) is 6.07 Å². The van der Waals surface area contributed by atoms with E-state index in [1.54, 1.807) is 19.9 Å². The van der Waals surface area contributed by atoms with Crippen LogP contribution in [0, 0.1) is 5.82 Å². The van der Waals surface area contributed by atoms with Crippen molar-refractivity contribution in [1.82, 2.24) is 0 Å². The Morgan fingerprint density at radius 1 is 0.759 bits per heavy atom. The number of benzene rings is 3. The van der Waals surface area contributed by atoms with E-state index < -0.39 is 5.82 Å². The van der Waals surface area contributed by atoms with E-state index in [9.17, 15) is 14.0 Å². The fraction of sp³-hybridized carbons (Fsp3) is 0.0833. The van der Waals surface area contributed by atoms with Crippen LogP contribution in [0.1, 0.15) is 13.8 Å². The zero-order chi connectivity index (χ0) is 21.1. The summed E-state index contributed by atoms with van der Waals surface area (Å²) < 4.78 is 14.5. The van der Waals surface area contributed by atoms with Crippen LogP contribution in [0.4, 0.5) is 4.39 Å². The van der Waals surface area contributed by atoms with Gasteiger partial charge >= 0.3 is 0 Å². The summed E-state index contributed by atoms with van der Waals surface area (Å²) in [6, 6.07) is 16.5. The van der Waals surface area contributed by atoms with Gasteiger partial charge in [-0.05, 0) is 101 Å². The Balaban J connectivity index is 1.88. The van der Waals surface area contributed by atoms with Gasteiger partial charge < -0.3 is 0 Å². The second-order valence-corrected chi connectivity index (χ2v) is 8.77. The maximum Gasteiger partial charge on any atom is 0.219 e. The maximum absolute atomic E-state index is 14.5. The molecule has 0 aliphatic carbocycles. The molecule has 0 bridgehead atoms. The molecule has 0 atom stereocenters. The zero-order valence-electron chi connectivity index (χ0n) is 16.1.